The van der Waals surface area contributed by atoms with E-state index in [1.165, 1.54) is 51.4 Å². The fourth-order valence-corrected chi connectivity index (χ4v) is 2.16. The molecule has 2 heteroatoms. The molecule has 0 saturated heterocycles. The molecule has 0 spiro atoms. The molecular weight excluding hydrogens is 224 g/mol. The molecule has 0 amide bonds. The van der Waals surface area contributed by atoms with Crippen molar-refractivity contribution in [2.45, 2.75) is 91.4 Å². The molecule has 0 bridgehead atoms. The quantitative estimate of drug-likeness (QED) is 0.493. The van der Waals surface area contributed by atoms with Crippen molar-refractivity contribution < 1.29 is 9.90 Å². The number of carbonyl (C=O) groups excluding carboxylic acids is 1. The summed E-state index contributed by atoms with van der Waals surface area (Å²) < 4.78 is 0. The molecule has 0 heterocycles. The Kier molecular flexibility index (Phi) is 10.1. The molecule has 0 aliphatic heterocycles. The van der Waals surface area contributed by atoms with Gasteiger partial charge in [0.05, 0.1) is 0 Å². The minimum absolute atomic E-state index is 0.653. The van der Waals surface area contributed by atoms with E-state index in [2.05, 4.69) is 6.92 Å². The number of carboxylic acids is 1. The van der Waals surface area contributed by atoms with Crippen molar-refractivity contribution in [2.75, 3.05) is 0 Å². The van der Waals surface area contributed by atoms with E-state index >= 15 is 0 Å². The maximum atomic E-state index is 10.8. The minimum Gasteiger partial charge on any atom is -0.550 e. The van der Waals surface area contributed by atoms with Crippen molar-refractivity contribution >= 4 is 5.97 Å². The summed E-state index contributed by atoms with van der Waals surface area (Å²) in [4.78, 5) is 10.8. The Morgan fingerprint density at radius 1 is 0.833 bits per heavy atom. The second-order valence-corrected chi connectivity index (χ2v) is 6.10. The van der Waals surface area contributed by atoms with Crippen LogP contribution in [0.25, 0.3) is 0 Å². The fraction of sp³-hybridized carbons (Fsp3) is 0.938. The first-order valence-corrected chi connectivity index (χ1v) is 7.72. The highest BCUT2D eigenvalue weighted by Crippen LogP contribution is 2.23. The highest BCUT2D eigenvalue weighted by atomic mass is 16.4. The molecule has 2 nitrogen and oxygen atoms in total. The Hall–Kier alpha value is -0.530. The molecule has 0 radical (unpaired) electrons. The van der Waals surface area contributed by atoms with Gasteiger partial charge in [-0.25, -0.2) is 0 Å². The monoisotopic (exact) mass is 255 g/mol. The highest BCUT2D eigenvalue weighted by molar-refractivity contribution is 5.71. The first-order chi connectivity index (χ1) is 8.50. The van der Waals surface area contributed by atoms with E-state index in [1.54, 1.807) is 13.8 Å². The van der Waals surface area contributed by atoms with E-state index in [4.69, 9.17) is 0 Å². The van der Waals surface area contributed by atoms with Crippen molar-refractivity contribution in [1.29, 1.82) is 0 Å². The van der Waals surface area contributed by atoms with Gasteiger partial charge in [-0.2, -0.15) is 0 Å². The first-order valence-electron chi connectivity index (χ1n) is 7.72. The average molecular weight is 255 g/mol. The zero-order valence-corrected chi connectivity index (χ0v) is 12.6. The fourth-order valence-electron chi connectivity index (χ4n) is 2.16. The number of hydrogen-bond acceptors (Lipinski definition) is 2. The Morgan fingerprint density at radius 2 is 1.22 bits per heavy atom. The Labute approximate surface area is 113 Å². The van der Waals surface area contributed by atoms with Crippen LogP contribution in [0.3, 0.4) is 0 Å². The van der Waals surface area contributed by atoms with Crippen LogP contribution in [-0.2, 0) is 4.79 Å². The van der Waals surface area contributed by atoms with Crippen LogP contribution in [0.5, 0.6) is 0 Å². The van der Waals surface area contributed by atoms with Gasteiger partial charge in [-0.15, -0.1) is 0 Å². The van der Waals surface area contributed by atoms with Gasteiger partial charge in [0, 0.05) is 11.4 Å². The molecule has 0 aromatic heterocycles. The minimum atomic E-state index is -0.918. The number of hydrogen-bond donors (Lipinski definition) is 0. The predicted molar refractivity (Wildman–Crippen MR) is 75.2 cm³/mol. The van der Waals surface area contributed by atoms with Crippen LogP contribution >= 0.6 is 0 Å². The van der Waals surface area contributed by atoms with Crippen molar-refractivity contribution in [3.63, 3.8) is 0 Å². The molecule has 108 valence electrons. The number of carbonyl (C=O) groups is 1. The van der Waals surface area contributed by atoms with Crippen molar-refractivity contribution in [2.24, 2.45) is 5.41 Å². The van der Waals surface area contributed by atoms with Gasteiger partial charge in [-0.1, -0.05) is 85.0 Å². The van der Waals surface area contributed by atoms with Crippen molar-refractivity contribution in [3.8, 4) is 0 Å². The average Bonchev–Trinajstić information content (AvgIpc) is 2.31. The molecule has 0 aliphatic carbocycles. The Bertz CT molecular complexity index is 209. The molecule has 0 rings (SSSR count). The summed E-state index contributed by atoms with van der Waals surface area (Å²) in [5.74, 6) is -0.918. The van der Waals surface area contributed by atoms with E-state index in [9.17, 15) is 9.90 Å². The molecule has 0 N–H and O–H groups in total. The van der Waals surface area contributed by atoms with Crippen LogP contribution in [0.2, 0.25) is 0 Å². The summed E-state index contributed by atoms with van der Waals surface area (Å²) in [6.07, 6.45) is 13.6. The lowest BCUT2D eigenvalue weighted by molar-refractivity contribution is -0.317. The molecule has 0 atom stereocenters. The molecule has 0 aromatic carbocycles. The third-order valence-corrected chi connectivity index (χ3v) is 3.71. The third-order valence-electron chi connectivity index (χ3n) is 3.71. The smallest absolute Gasteiger partial charge is 0.0470 e. The lowest BCUT2D eigenvalue weighted by atomic mass is 9.87. The van der Waals surface area contributed by atoms with Gasteiger partial charge in [0.15, 0.2) is 0 Å². The topological polar surface area (TPSA) is 40.1 Å². The molecule has 0 saturated carbocycles. The lowest BCUT2D eigenvalue weighted by Gasteiger charge is -2.25. The molecule has 18 heavy (non-hydrogen) atoms. The summed E-state index contributed by atoms with van der Waals surface area (Å²) >= 11 is 0. The lowest BCUT2D eigenvalue weighted by Crippen LogP contribution is -2.37. The van der Waals surface area contributed by atoms with Gasteiger partial charge in [0.2, 0.25) is 0 Å². The largest absolute Gasteiger partial charge is 0.550 e. The summed E-state index contributed by atoms with van der Waals surface area (Å²) in [5.41, 5.74) is -0.653. The van der Waals surface area contributed by atoms with Crippen LogP contribution in [0.15, 0.2) is 0 Å². The Balaban J connectivity index is 3.24. The van der Waals surface area contributed by atoms with E-state index in [-0.39, 0.29) is 0 Å². The number of rotatable bonds is 12. The zero-order valence-electron chi connectivity index (χ0n) is 12.6. The number of unbranched alkanes of at least 4 members (excludes halogenated alkanes) is 9. The first kappa shape index (κ1) is 17.5. The van der Waals surface area contributed by atoms with Gasteiger partial charge >= 0.3 is 0 Å². The molecule has 0 aliphatic rings. The van der Waals surface area contributed by atoms with Crippen molar-refractivity contribution in [3.05, 3.63) is 0 Å². The van der Waals surface area contributed by atoms with Crippen LogP contribution in [-0.4, -0.2) is 5.97 Å². The standard InChI is InChI=1S/C16H32O2/c1-4-5-6-7-8-9-10-11-12-13-14-16(2,3)15(17)18/h4-14H2,1-3H3,(H,17,18)/p-1. The highest BCUT2D eigenvalue weighted by Gasteiger charge is 2.18. The Morgan fingerprint density at radius 3 is 1.61 bits per heavy atom. The summed E-state index contributed by atoms with van der Waals surface area (Å²) in [5, 5.41) is 10.8. The van der Waals surface area contributed by atoms with E-state index in [1.807, 2.05) is 0 Å². The summed E-state index contributed by atoms with van der Waals surface area (Å²) in [7, 11) is 0. The maximum Gasteiger partial charge on any atom is 0.0470 e. The molecule has 0 aromatic rings. The summed E-state index contributed by atoms with van der Waals surface area (Å²) in [6, 6.07) is 0. The molecule has 0 fully saturated rings. The molecule has 0 unspecified atom stereocenters. The van der Waals surface area contributed by atoms with Gasteiger partial charge in [-0.05, 0) is 6.42 Å². The van der Waals surface area contributed by atoms with Gasteiger partial charge in [-0.3, -0.25) is 0 Å². The van der Waals surface area contributed by atoms with Crippen molar-refractivity contribution in [1.82, 2.24) is 0 Å². The number of carboxylic acid groups (broad SMARTS) is 1. The normalized spacial score (nSPS) is 11.7. The van der Waals surface area contributed by atoms with E-state index in [0.717, 1.165) is 19.3 Å². The van der Waals surface area contributed by atoms with Crippen LogP contribution < -0.4 is 5.11 Å². The predicted octanol–water partition coefficient (Wildman–Crippen LogP) is 4.07. The zero-order chi connectivity index (χ0) is 13.9. The van der Waals surface area contributed by atoms with Gasteiger partial charge in [0.25, 0.3) is 0 Å². The van der Waals surface area contributed by atoms with Gasteiger partial charge in [0.1, 0.15) is 0 Å². The second-order valence-electron chi connectivity index (χ2n) is 6.10. The van der Waals surface area contributed by atoms with Crippen LogP contribution in [0, 0.1) is 5.41 Å². The van der Waals surface area contributed by atoms with Crippen LogP contribution in [0.4, 0.5) is 0 Å². The van der Waals surface area contributed by atoms with Crippen LogP contribution in [0.1, 0.15) is 91.4 Å². The summed E-state index contributed by atoms with van der Waals surface area (Å²) in [6.45, 7) is 5.76. The van der Waals surface area contributed by atoms with E-state index < -0.39 is 11.4 Å². The maximum absolute atomic E-state index is 10.8. The van der Waals surface area contributed by atoms with Gasteiger partial charge < -0.3 is 9.90 Å². The number of aliphatic carboxylic acids is 1. The molecular formula is C16H31O2-. The van der Waals surface area contributed by atoms with E-state index in [0.29, 0.717) is 0 Å². The SMILES string of the molecule is CCCCCCCCCCCCC(C)(C)C(=O)[O-]. The second kappa shape index (κ2) is 10.4. The third kappa shape index (κ3) is 9.49.